The third-order valence-corrected chi connectivity index (χ3v) is 18.5. The number of hydrogen-bond acceptors (Lipinski definition) is 1. The van der Waals surface area contributed by atoms with Crippen LogP contribution in [0.25, 0.3) is 115 Å². The van der Waals surface area contributed by atoms with E-state index in [1.165, 1.54) is 121 Å². The molecule has 16 aromatic rings. The zero-order valence-corrected chi connectivity index (χ0v) is 47.7. The minimum absolute atomic E-state index is 0.461. The Hall–Kier alpha value is -11.3. The summed E-state index contributed by atoms with van der Waals surface area (Å²) in [6.45, 7) is 0. The first-order chi connectivity index (χ1) is 43.1. The molecule has 0 saturated heterocycles. The molecule has 1 aromatic heterocycles. The fourth-order valence-corrected chi connectivity index (χ4v) is 14.4. The largest absolute Gasteiger partial charge is 0.311 e. The molecule has 2 heteroatoms. The lowest BCUT2D eigenvalue weighted by molar-refractivity contribution is 0.769. The molecule has 0 amide bonds. The summed E-state index contributed by atoms with van der Waals surface area (Å²) in [6, 6.07) is 126. The van der Waals surface area contributed by atoms with Gasteiger partial charge in [0.05, 0.1) is 16.4 Å². The smallest absolute Gasteiger partial charge is 0.0713 e. The molecule has 1 aliphatic carbocycles. The summed E-state index contributed by atoms with van der Waals surface area (Å²) in [4.78, 5) is 2.34. The number of rotatable bonds is 10. The SMILES string of the molecule is c1ccc(-c2ccc(N(c3ccccc3)c3ccc(-c4ccc5c(c4)c4cc(-c6ccc(-c7ccc8c(c7)C(c7ccccc7)(c7ccccc7)c7ccccc7-8)cc6)ccc4n5-c4ccc5c6ccccc6c6ccccc6c5c4)cc3)cc2)cc1. The summed E-state index contributed by atoms with van der Waals surface area (Å²) in [5.41, 5.74) is 23.5. The Balaban J connectivity index is 0.781. The van der Waals surface area contributed by atoms with E-state index in [2.05, 4.69) is 349 Å². The summed E-state index contributed by atoms with van der Waals surface area (Å²) >= 11 is 0. The van der Waals surface area contributed by atoms with Gasteiger partial charge >= 0.3 is 0 Å². The topological polar surface area (TPSA) is 8.17 Å². The van der Waals surface area contributed by atoms with E-state index < -0.39 is 5.41 Å². The number of nitrogens with zero attached hydrogens (tertiary/aromatic N) is 2. The molecule has 0 aliphatic heterocycles. The van der Waals surface area contributed by atoms with Gasteiger partial charge in [-0.2, -0.15) is 0 Å². The minimum atomic E-state index is -0.461. The summed E-state index contributed by atoms with van der Waals surface area (Å²) in [5, 5.41) is 10.0. The van der Waals surface area contributed by atoms with Gasteiger partial charge in [-0.05, 0) is 189 Å². The standard InChI is InChI=1S/C85H56N2/c1-5-19-57(20-6-1)58-37-44-68(45-38-58)86(67-25-11-4-12-26-67)69-46-39-61(40-47-69)63-43-52-84-80(54-63)79-53-62(42-51-83(79)87(84)70-48-50-75-73-29-14-13-27-71(73)72-28-15-16-30-74(72)78(75)56-70)59-33-35-60(36-34-59)64-41-49-77-76-31-17-18-32-81(76)85(82(77)55-64,65-21-7-2-8-22-65)66-23-9-3-10-24-66/h1-56H. The molecule has 0 fully saturated rings. The average molecular weight is 1110 g/mol. The lowest BCUT2D eigenvalue weighted by Gasteiger charge is -2.34. The van der Waals surface area contributed by atoms with Crippen LogP contribution in [0.2, 0.25) is 0 Å². The van der Waals surface area contributed by atoms with E-state index in [1.807, 2.05) is 0 Å². The average Bonchev–Trinajstić information content (AvgIpc) is 1.64. The summed E-state index contributed by atoms with van der Waals surface area (Å²) in [7, 11) is 0. The predicted molar refractivity (Wildman–Crippen MR) is 367 cm³/mol. The molecule has 0 radical (unpaired) electrons. The highest BCUT2D eigenvalue weighted by Crippen LogP contribution is 2.57. The van der Waals surface area contributed by atoms with Gasteiger partial charge in [-0.25, -0.2) is 0 Å². The van der Waals surface area contributed by atoms with Crippen molar-refractivity contribution in [2.45, 2.75) is 5.41 Å². The molecule has 406 valence electrons. The Bertz CT molecular complexity index is 5210. The molecular formula is C85H56N2. The molecule has 1 heterocycles. The first-order valence-electron chi connectivity index (χ1n) is 30.1. The van der Waals surface area contributed by atoms with Crippen LogP contribution in [0.4, 0.5) is 17.1 Å². The van der Waals surface area contributed by atoms with Crippen molar-refractivity contribution >= 4 is 71.2 Å². The van der Waals surface area contributed by atoms with E-state index >= 15 is 0 Å². The van der Waals surface area contributed by atoms with Gasteiger partial charge in [-0.3, -0.25) is 0 Å². The minimum Gasteiger partial charge on any atom is -0.311 e. The summed E-state index contributed by atoms with van der Waals surface area (Å²) in [5.74, 6) is 0. The van der Waals surface area contributed by atoms with E-state index in [1.54, 1.807) is 0 Å². The van der Waals surface area contributed by atoms with E-state index in [9.17, 15) is 0 Å². The second kappa shape index (κ2) is 20.5. The molecule has 0 spiro atoms. The first-order valence-corrected chi connectivity index (χ1v) is 30.1. The van der Waals surface area contributed by atoms with Crippen molar-refractivity contribution in [1.82, 2.24) is 4.57 Å². The van der Waals surface area contributed by atoms with Crippen LogP contribution in [0.1, 0.15) is 22.3 Å². The fraction of sp³-hybridized carbons (Fsp3) is 0.0118. The van der Waals surface area contributed by atoms with Gasteiger partial charge in [0.1, 0.15) is 0 Å². The Labute approximate surface area is 506 Å². The highest BCUT2D eigenvalue weighted by molar-refractivity contribution is 6.26. The molecule has 17 rings (SSSR count). The molecule has 15 aromatic carbocycles. The molecule has 0 saturated carbocycles. The normalized spacial score (nSPS) is 12.5. The fourth-order valence-electron chi connectivity index (χ4n) is 14.4. The Morgan fingerprint density at radius 1 is 0.218 bits per heavy atom. The number of benzene rings is 15. The summed E-state index contributed by atoms with van der Waals surface area (Å²) in [6.07, 6.45) is 0. The van der Waals surface area contributed by atoms with Crippen molar-refractivity contribution in [2.24, 2.45) is 0 Å². The van der Waals surface area contributed by atoms with Gasteiger partial charge in [-0.15, -0.1) is 0 Å². The zero-order chi connectivity index (χ0) is 57.4. The van der Waals surface area contributed by atoms with Crippen LogP contribution < -0.4 is 4.90 Å². The Morgan fingerprint density at radius 3 is 1.13 bits per heavy atom. The number of anilines is 3. The molecule has 87 heavy (non-hydrogen) atoms. The molecule has 1 aliphatic rings. The van der Waals surface area contributed by atoms with Crippen molar-refractivity contribution in [3.8, 4) is 61.3 Å². The summed E-state index contributed by atoms with van der Waals surface area (Å²) < 4.78 is 2.48. The second-order valence-electron chi connectivity index (χ2n) is 23.1. The molecule has 0 N–H and O–H groups in total. The number of fused-ring (bicyclic) bond motifs is 12. The maximum absolute atomic E-state index is 2.48. The maximum atomic E-state index is 2.48. The highest BCUT2D eigenvalue weighted by Gasteiger charge is 2.46. The molecule has 0 atom stereocenters. The predicted octanol–water partition coefficient (Wildman–Crippen LogP) is 22.7. The van der Waals surface area contributed by atoms with Crippen LogP contribution in [-0.2, 0) is 5.41 Å². The van der Waals surface area contributed by atoms with Crippen LogP contribution in [0.3, 0.4) is 0 Å². The van der Waals surface area contributed by atoms with Gasteiger partial charge in [0, 0.05) is 33.5 Å². The second-order valence-corrected chi connectivity index (χ2v) is 23.1. The highest BCUT2D eigenvalue weighted by atomic mass is 15.1. The third kappa shape index (κ3) is 8.17. The molecule has 2 nitrogen and oxygen atoms in total. The van der Waals surface area contributed by atoms with Crippen molar-refractivity contribution in [2.75, 3.05) is 4.90 Å². The van der Waals surface area contributed by atoms with Crippen molar-refractivity contribution in [3.63, 3.8) is 0 Å². The quantitative estimate of drug-likeness (QED) is 0.124. The Kier molecular flexibility index (Phi) is 11.8. The van der Waals surface area contributed by atoms with Gasteiger partial charge < -0.3 is 9.47 Å². The van der Waals surface area contributed by atoms with E-state index in [0.29, 0.717) is 0 Å². The van der Waals surface area contributed by atoms with Crippen LogP contribution in [0.15, 0.2) is 340 Å². The van der Waals surface area contributed by atoms with Gasteiger partial charge in [0.2, 0.25) is 0 Å². The lowest BCUT2D eigenvalue weighted by atomic mass is 9.67. The number of aromatic nitrogens is 1. The van der Waals surface area contributed by atoms with Crippen molar-refractivity contribution in [3.05, 3.63) is 362 Å². The monoisotopic (exact) mass is 1100 g/mol. The number of para-hydroxylation sites is 1. The van der Waals surface area contributed by atoms with Gasteiger partial charge in [-0.1, -0.05) is 261 Å². The van der Waals surface area contributed by atoms with Crippen molar-refractivity contribution in [1.29, 1.82) is 0 Å². The van der Waals surface area contributed by atoms with E-state index in [-0.39, 0.29) is 0 Å². The molecule has 0 bridgehead atoms. The van der Waals surface area contributed by atoms with Crippen molar-refractivity contribution < 1.29 is 0 Å². The first kappa shape index (κ1) is 50.2. The van der Waals surface area contributed by atoms with E-state index in [4.69, 9.17) is 0 Å². The third-order valence-electron chi connectivity index (χ3n) is 18.5. The van der Waals surface area contributed by atoms with Crippen LogP contribution >= 0.6 is 0 Å². The molecule has 0 unspecified atom stereocenters. The van der Waals surface area contributed by atoms with Gasteiger partial charge in [0.15, 0.2) is 0 Å². The van der Waals surface area contributed by atoms with Crippen LogP contribution in [0, 0.1) is 0 Å². The van der Waals surface area contributed by atoms with Crippen LogP contribution in [0.5, 0.6) is 0 Å². The van der Waals surface area contributed by atoms with Gasteiger partial charge in [0.25, 0.3) is 0 Å². The maximum Gasteiger partial charge on any atom is 0.0713 e. The van der Waals surface area contributed by atoms with Crippen LogP contribution in [-0.4, -0.2) is 4.57 Å². The Morgan fingerprint density at radius 2 is 0.586 bits per heavy atom. The molecular weight excluding hydrogens is 1050 g/mol. The zero-order valence-electron chi connectivity index (χ0n) is 47.7. The lowest BCUT2D eigenvalue weighted by Crippen LogP contribution is -2.28. The number of hydrogen-bond donors (Lipinski definition) is 0. The van der Waals surface area contributed by atoms with E-state index in [0.717, 1.165) is 33.8 Å².